The molecule has 1 heterocycles. The molecule has 1 aliphatic heterocycles. The number of aliphatic hydroxyl groups is 2. The summed E-state index contributed by atoms with van der Waals surface area (Å²) in [6, 6.07) is 0. The van der Waals surface area contributed by atoms with Crippen LogP contribution >= 0.6 is 11.6 Å². The zero-order chi connectivity index (χ0) is 7.56. The van der Waals surface area contributed by atoms with Crippen LogP contribution in [-0.4, -0.2) is 22.4 Å². The van der Waals surface area contributed by atoms with Crippen molar-refractivity contribution in [3.8, 4) is 0 Å². The maximum Gasteiger partial charge on any atom is 0.220 e. The number of rotatable bonds is 1. The Morgan fingerprint density at radius 1 is 1.70 bits per heavy atom. The molecule has 0 aliphatic carbocycles. The fourth-order valence-electron chi connectivity index (χ4n) is 0.652. The summed E-state index contributed by atoms with van der Waals surface area (Å²) in [6.07, 6.45) is 1.47. The van der Waals surface area contributed by atoms with Crippen molar-refractivity contribution < 1.29 is 14.9 Å². The first-order chi connectivity index (χ1) is 4.72. The van der Waals surface area contributed by atoms with Gasteiger partial charge in [0.25, 0.3) is 0 Å². The fraction of sp³-hybridized carbons (Fsp3) is 0.333. The van der Waals surface area contributed by atoms with E-state index in [1.807, 2.05) is 0 Å². The molecule has 0 aromatic heterocycles. The molecular formula is C6H7ClO3. The Kier molecular flexibility index (Phi) is 2.19. The fourth-order valence-corrected chi connectivity index (χ4v) is 0.792. The van der Waals surface area contributed by atoms with Crippen LogP contribution in [0.3, 0.4) is 0 Å². The summed E-state index contributed by atoms with van der Waals surface area (Å²) in [5.41, 5.74) is 0. The number of aliphatic hydroxyl groups excluding tert-OH is 2. The van der Waals surface area contributed by atoms with Crippen molar-refractivity contribution in [3.05, 3.63) is 23.7 Å². The standard InChI is InChI=1S/C6H7ClO3/c7-3-5-1-4(8)2-6(9)10-5/h1-2,6,8-9H,3H2. The summed E-state index contributed by atoms with van der Waals surface area (Å²) >= 11 is 5.37. The molecule has 0 saturated carbocycles. The van der Waals surface area contributed by atoms with Crippen LogP contribution in [0.4, 0.5) is 0 Å². The summed E-state index contributed by atoms with van der Waals surface area (Å²) in [5, 5.41) is 17.7. The molecule has 3 nitrogen and oxygen atoms in total. The SMILES string of the molecule is OC1=CC(O)OC(CCl)=C1. The summed E-state index contributed by atoms with van der Waals surface area (Å²) in [7, 11) is 0. The van der Waals surface area contributed by atoms with Crippen molar-refractivity contribution >= 4 is 11.6 Å². The minimum Gasteiger partial charge on any atom is -0.508 e. The Hall–Kier alpha value is -0.670. The van der Waals surface area contributed by atoms with Gasteiger partial charge in [0.2, 0.25) is 6.29 Å². The van der Waals surface area contributed by atoms with Gasteiger partial charge in [-0.1, -0.05) is 0 Å². The molecule has 2 N–H and O–H groups in total. The molecule has 0 radical (unpaired) electrons. The Morgan fingerprint density at radius 3 is 2.90 bits per heavy atom. The van der Waals surface area contributed by atoms with Gasteiger partial charge in [-0.25, -0.2) is 0 Å². The van der Waals surface area contributed by atoms with Crippen molar-refractivity contribution in [3.63, 3.8) is 0 Å². The normalized spacial score (nSPS) is 24.8. The zero-order valence-electron chi connectivity index (χ0n) is 5.12. The van der Waals surface area contributed by atoms with Crippen LogP contribution in [0.25, 0.3) is 0 Å². The molecule has 1 unspecified atom stereocenters. The number of alkyl halides is 1. The van der Waals surface area contributed by atoms with Gasteiger partial charge in [0, 0.05) is 12.2 Å². The monoisotopic (exact) mass is 162 g/mol. The van der Waals surface area contributed by atoms with Crippen molar-refractivity contribution in [2.45, 2.75) is 6.29 Å². The van der Waals surface area contributed by atoms with Gasteiger partial charge in [-0.15, -0.1) is 11.6 Å². The molecule has 0 aromatic carbocycles. The lowest BCUT2D eigenvalue weighted by molar-refractivity contribution is -0.0311. The molecule has 10 heavy (non-hydrogen) atoms. The molecule has 0 amide bonds. The maximum atomic E-state index is 8.87. The predicted molar refractivity (Wildman–Crippen MR) is 36.6 cm³/mol. The quantitative estimate of drug-likeness (QED) is 0.564. The van der Waals surface area contributed by atoms with E-state index < -0.39 is 6.29 Å². The lowest BCUT2D eigenvalue weighted by atomic mass is 10.3. The second-order valence-corrected chi connectivity index (χ2v) is 2.11. The second kappa shape index (κ2) is 2.94. The minimum absolute atomic E-state index is 0.0191. The van der Waals surface area contributed by atoms with E-state index in [1.54, 1.807) is 0 Å². The highest BCUT2D eigenvalue weighted by atomic mass is 35.5. The molecule has 1 rings (SSSR count). The van der Waals surface area contributed by atoms with Crippen molar-refractivity contribution in [1.29, 1.82) is 0 Å². The number of halogens is 1. The highest BCUT2D eigenvalue weighted by Crippen LogP contribution is 2.13. The van der Waals surface area contributed by atoms with Crippen LogP contribution in [0.2, 0.25) is 0 Å². The number of allylic oxidation sites excluding steroid dienone is 2. The van der Waals surface area contributed by atoms with Gasteiger partial charge in [-0.2, -0.15) is 0 Å². The predicted octanol–water partition coefficient (Wildman–Crippen LogP) is 0.900. The van der Waals surface area contributed by atoms with Gasteiger partial charge < -0.3 is 14.9 Å². The summed E-state index contributed by atoms with van der Waals surface area (Å²) in [4.78, 5) is 0. The maximum absolute atomic E-state index is 8.87. The van der Waals surface area contributed by atoms with Crippen molar-refractivity contribution in [1.82, 2.24) is 0 Å². The van der Waals surface area contributed by atoms with E-state index in [0.717, 1.165) is 0 Å². The molecule has 1 aliphatic rings. The first-order valence-electron chi connectivity index (χ1n) is 2.74. The van der Waals surface area contributed by atoms with Gasteiger partial charge in [0.05, 0.1) is 5.88 Å². The molecule has 0 bridgehead atoms. The van der Waals surface area contributed by atoms with Crippen LogP contribution in [0.15, 0.2) is 23.7 Å². The van der Waals surface area contributed by atoms with Gasteiger partial charge in [0.15, 0.2) is 0 Å². The lowest BCUT2D eigenvalue weighted by Crippen LogP contribution is -2.13. The largest absolute Gasteiger partial charge is 0.508 e. The molecule has 1 atom stereocenters. The van der Waals surface area contributed by atoms with Crippen LogP contribution < -0.4 is 0 Å². The first-order valence-corrected chi connectivity index (χ1v) is 3.28. The third-order valence-electron chi connectivity index (χ3n) is 1.03. The molecular weight excluding hydrogens is 156 g/mol. The summed E-state index contributed by atoms with van der Waals surface area (Å²) < 4.78 is 4.75. The van der Waals surface area contributed by atoms with E-state index in [4.69, 9.17) is 26.6 Å². The molecule has 0 spiro atoms. The first kappa shape index (κ1) is 7.44. The molecule has 4 heteroatoms. The second-order valence-electron chi connectivity index (χ2n) is 1.84. The van der Waals surface area contributed by atoms with Crippen LogP contribution in [-0.2, 0) is 4.74 Å². The molecule has 0 aromatic rings. The average Bonchev–Trinajstić information content (AvgIpc) is 1.85. The van der Waals surface area contributed by atoms with E-state index in [9.17, 15) is 0 Å². The minimum atomic E-state index is -1.07. The highest BCUT2D eigenvalue weighted by Gasteiger charge is 2.11. The Morgan fingerprint density at radius 2 is 2.40 bits per heavy atom. The third-order valence-corrected chi connectivity index (χ3v) is 1.29. The van der Waals surface area contributed by atoms with Crippen molar-refractivity contribution in [2.75, 3.05) is 5.88 Å². The molecule has 0 saturated heterocycles. The zero-order valence-corrected chi connectivity index (χ0v) is 5.88. The van der Waals surface area contributed by atoms with E-state index in [0.29, 0.717) is 5.76 Å². The number of hydrogen-bond acceptors (Lipinski definition) is 3. The Labute approximate surface area is 63.2 Å². The van der Waals surface area contributed by atoms with Gasteiger partial charge in [0.1, 0.15) is 11.5 Å². The summed E-state index contributed by atoms with van der Waals surface area (Å²) in [6.45, 7) is 0. The van der Waals surface area contributed by atoms with Crippen LogP contribution in [0.1, 0.15) is 0 Å². The highest BCUT2D eigenvalue weighted by molar-refractivity contribution is 6.19. The number of hydrogen-bond donors (Lipinski definition) is 2. The molecule has 56 valence electrons. The Bertz CT molecular complexity index is 185. The number of ether oxygens (including phenoxy) is 1. The third kappa shape index (κ3) is 1.65. The van der Waals surface area contributed by atoms with E-state index in [1.165, 1.54) is 12.2 Å². The van der Waals surface area contributed by atoms with E-state index >= 15 is 0 Å². The topological polar surface area (TPSA) is 49.7 Å². The lowest BCUT2D eigenvalue weighted by Gasteiger charge is -2.15. The van der Waals surface area contributed by atoms with Crippen LogP contribution in [0.5, 0.6) is 0 Å². The van der Waals surface area contributed by atoms with Gasteiger partial charge >= 0.3 is 0 Å². The average molecular weight is 163 g/mol. The summed E-state index contributed by atoms with van der Waals surface area (Å²) in [5.74, 6) is 0.498. The van der Waals surface area contributed by atoms with Crippen molar-refractivity contribution in [2.24, 2.45) is 0 Å². The smallest absolute Gasteiger partial charge is 0.220 e. The van der Waals surface area contributed by atoms with E-state index in [-0.39, 0.29) is 11.6 Å². The van der Waals surface area contributed by atoms with Gasteiger partial charge in [-0.05, 0) is 0 Å². The Balaban J connectivity index is 2.70. The van der Waals surface area contributed by atoms with Crippen LogP contribution in [0, 0.1) is 0 Å². The molecule has 0 fully saturated rings. The van der Waals surface area contributed by atoms with E-state index in [2.05, 4.69) is 0 Å². The van der Waals surface area contributed by atoms with Gasteiger partial charge in [-0.3, -0.25) is 0 Å².